The Morgan fingerprint density at radius 3 is 2.13 bits per heavy atom. The Hall–Kier alpha value is 0.0300. The lowest BCUT2D eigenvalue weighted by atomic mass is 10.5. The highest BCUT2D eigenvalue weighted by Gasteiger charge is 2.31. The molecule has 94 valence electrons. The van der Waals surface area contributed by atoms with Gasteiger partial charge in [0.2, 0.25) is 6.03 Å². The minimum atomic E-state index is -3.38. The quantitative estimate of drug-likeness (QED) is 0.465. The van der Waals surface area contributed by atoms with Crippen LogP contribution < -0.4 is 5.73 Å². The zero-order valence-electron chi connectivity index (χ0n) is 9.31. The molecule has 0 spiro atoms. The van der Waals surface area contributed by atoms with Gasteiger partial charge < -0.3 is 25.6 Å². The molecule has 0 bridgehead atoms. The summed E-state index contributed by atoms with van der Waals surface area (Å²) in [7, 11) is -3.38. The van der Waals surface area contributed by atoms with Crippen LogP contribution in [0.5, 0.6) is 0 Å². The summed E-state index contributed by atoms with van der Waals surface area (Å²) in [5, 5.41) is 0. The van der Waals surface area contributed by atoms with Crippen molar-refractivity contribution in [3.8, 4) is 0 Å². The number of nitrogens with two attached hydrogens (primary N) is 1. The van der Waals surface area contributed by atoms with Crippen molar-refractivity contribution < 1.29 is 24.4 Å². The van der Waals surface area contributed by atoms with Crippen molar-refractivity contribution in [1.82, 2.24) is 0 Å². The van der Waals surface area contributed by atoms with Crippen molar-refractivity contribution >= 4 is 7.37 Å². The van der Waals surface area contributed by atoms with E-state index in [1.807, 2.05) is 0 Å². The molecule has 1 atom stereocenters. The standard InChI is InChI=1S/C8H20NO4P.H2O/c1-3-12-8(13-4-2)14(10,11)7-5-6-9;/h8H,3-7,9H2,1-2H3,(H,10,11);1H2. The Kier molecular flexibility index (Phi) is 10.8. The van der Waals surface area contributed by atoms with Gasteiger partial charge in [0, 0.05) is 19.4 Å². The van der Waals surface area contributed by atoms with Crippen LogP contribution >= 0.6 is 7.37 Å². The lowest BCUT2D eigenvalue weighted by molar-refractivity contribution is -0.0871. The zero-order valence-corrected chi connectivity index (χ0v) is 10.2. The highest BCUT2D eigenvalue weighted by molar-refractivity contribution is 7.58. The van der Waals surface area contributed by atoms with Crippen LogP contribution in [0.1, 0.15) is 20.3 Å². The summed E-state index contributed by atoms with van der Waals surface area (Å²) >= 11 is 0. The molecule has 0 saturated carbocycles. The fourth-order valence-electron chi connectivity index (χ4n) is 0.989. The number of rotatable bonds is 8. The van der Waals surface area contributed by atoms with E-state index in [-0.39, 0.29) is 11.6 Å². The molecular weight excluding hydrogens is 221 g/mol. The lowest BCUT2D eigenvalue weighted by Gasteiger charge is -2.22. The molecule has 15 heavy (non-hydrogen) atoms. The second-order valence-electron chi connectivity index (χ2n) is 2.84. The predicted molar refractivity (Wildman–Crippen MR) is 59.0 cm³/mol. The van der Waals surface area contributed by atoms with Crippen molar-refractivity contribution in [3.63, 3.8) is 0 Å². The summed E-state index contributed by atoms with van der Waals surface area (Å²) in [5.41, 5.74) is 5.27. The van der Waals surface area contributed by atoms with Crippen LogP contribution in [0.25, 0.3) is 0 Å². The summed E-state index contributed by atoms with van der Waals surface area (Å²) in [5.74, 6) is 0. The molecule has 7 heteroatoms. The molecule has 0 saturated heterocycles. The summed E-state index contributed by atoms with van der Waals surface area (Å²) in [6, 6.07) is -0.996. The van der Waals surface area contributed by atoms with Gasteiger partial charge >= 0.3 is 0 Å². The van der Waals surface area contributed by atoms with Crippen LogP contribution in [0.15, 0.2) is 0 Å². The van der Waals surface area contributed by atoms with Crippen LogP contribution in [-0.4, -0.2) is 42.3 Å². The number of ether oxygens (including phenoxy) is 2. The second-order valence-corrected chi connectivity index (χ2v) is 5.22. The normalized spacial score (nSPS) is 14.7. The molecule has 0 amide bonds. The van der Waals surface area contributed by atoms with E-state index in [1.54, 1.807) is 13.8 Å². The highest BCUT2D eigenvalue weighted by Crippen LogP contribution is 2.47. The summed E-state index contributed by atoms with van der Waals surface area (Å²) in [6.45, 7) is 4.63. The first-order valence-corrected chi connectivity index (χ1v) is 6.74. The molecule has 0 aromatic heterocycles. The minimum absolute atomic E-state index is 0. The molecule has 5 N–H and O–H groups in total. The van der Waals surface area contributed by atoms with E-state index in [0.717, 1.165) is 0 Å². The molecule has 0 aliphatic rings. The van der Waals surface area contributed by atoms with Gasteiger partial charge in [-0.15, -0.1) is 0 Å². The van der Waals surface area contributed by atoms with Crippen molar-refractivity contribution in [3.05, 3.63) is 0 Å². The largest absolute Gasteiger partial charge is 0.412 e. The highest BCUT2D eigenvalue weighted by atomic mass is 31.2. The van der Waals surface area contributed by atoms with Crippen molar-refractivity contribution in [2.45, 2.75) is 26.3 Å². The van der Waals surface area contributed by atoms with Crippen molar-refractivity contribution in [2.24, 2.45) is 5.73 Å². The zero-order chi connectivity index (χ0) is 11.0. The van der Waals surface area contributed by atoms with Gasteiger partial charge in [-0.25, -0.2) is 0 Å². The molecule has 0 aromatic rings. The van der Waals surface area contributed by atoms with E-state index < -0.39 is 13.4 Å². The maximum atomic E-state index is 11.7. The molecule has 0 fully saturated rings. The smallest absolute Gasteiger partial charge is 0.255 e. The minimum Gasteiger partial charge on any atom is -0.412 e. The van der Waals surface area contributed by atoms with E-state index >= 15 is 0 Å². The molecular formula is C8H22NO5P. The van der Waals surface area contributed by atoms with E-state index in [2.05, 4.69) is 0 Å². The van der Waals surface area contributed by atoms with Crippen LogP contribution in [0.4, 0.5) is 0 Å². The predicted octanol–water partition coefficient (Wildman–Crippen LogP) is 0.138. The fourth-order valence-corrected chi connectivity index (χ4v) is 2.60. The van der Waals surface area contributed by atoms with Gasteiger partial charge in [0.1, 0.15) is 0 Å². The Labute approximate surface area is 90.5 Å². The van der Waals surface area contributed by atoms with Gasteiger partial charge in [-0.05, 0) is 26.8 Å². The number of hydrogen-bond donors (Lipinski definition) is 2. The maximum Gasteiger partial charge on any atom is 0.255 e. The van der Waals surface area contributed by atoms with Crippen molar-refractivity contribution in [1.29, 1.82) is 0 Å². The average Bonchev–Trinajstić information content (AvgIpc) is 2.14. The first kappa shape index (κ1) is 17.4. The average molecular weight is 243 g/mol. The molecule has 0 rings (SSSR count). The maximum absolute atomic E-state index is 11.7. The Morgan fingerprint density at radius 1 is 1.33 bits per heavy atom. The van der Waals surface area contributed by atoms with E-state index in [1.165, 1.54) is 0 Å². The third-order valence-corrected chi connectivity index (χ3v) is 3.54. The van der Waals surface area contributed by atoms with Crippen molar-refractivity contribution in [2.75, 3.05) is 25.9 Å². The van der Waals surface area contributed by atoms with Gasteiger partial charge in [0.15, 0.2) is 0 Å². The lowest BCUT2D eigenvalue weighted by Crippen LogP contribution is -2.20. The molecule has 0 aromatic carbocycles. The molecule has 0 aliphatic heterocycles. The molecule has 0 radical (unpaired) electrons. The van der Waals surface area contributed by atoms with Gasteiger partial charge in [0.25, 0.3) is 7.37 Å². The van der Waals surface area contributed by atoms with Gasteiger partial charge in [-0.2, -0.15) is 0 Å². The topological polar surface area (TPSA) is 113 Å². The summed E-state index contributed by atoms with van der Waals surface area (Å²) in [4.78, 5) is 9.62. The Balaban J connectivity index is 0. The number of hydrogen-bond acceptors (Lipinski definition) is 4. The molecule has 1 unspecified atom stereocenters. The molecule has 0 heterocycles. The molecule has 6 nitrogen and oxygen atoms in total. The Bertz CT molecular complexity index is 184. The van der Waals surface area contributed by atoms with E-state index in [9.17, 15) is 9.46 Å². The van der Waals surface area contributed by atoms with Crippen LogP contribution in [0.2, 0.25) is 0 Å². The van der Waals surface area contributed by atoms with Crippen LogP contribution in [0.3, 0.4) is 0 Å². The first-order chi connectivity index (χ1) is 6.58. The third kappa shape index (κ3) is 7.00. The van der Waals surface area contributed by atoms with Gasteiger partial charge in [-0.1, -0.05) is 0 Å². The van der Waals surface area contributed by atoms with E-state index in [0.29, 0.717) is 26.2 Å². The third-order valence-electron chi connectivity index (χ3n) is 1.63. The first-order valence-electron chi connectivity index (χ1n) is 4.83. The van der Waals surface area contributed by atoms with Gasteiger partial charge in [0.05, 0.1) is 0 Å². The summed E-state index contributed by atoms with van der Waals surface area (Å²) < 4.78 is 21.8. The SMILES string of the molecule is CCOC(OCC)P(=O)(O)CCCN.O. The second kappa shape index (κ2) is 9.27. The van der Waals surface area contributed by atoms with Crippen LogP contribution in [0, 0.1) is 0 Å². The Morgan fingerprint density at radius 2 is 1.80 bits per heavy atom. The molecule has 0 aliphatic carbocycles. The van der Waals surface area contributed by atoms with E-state index in [4.69, 9.17) is 15.2 Å². The van der Waals surface area contributed by atoms with Gasteiger partial charge in [-0.3, -0.25) is 4.57 Å². The summed E-state index contributed by atoms with van der Waals surface area (Å²) in [6.07, 6.45) is 0.651. The van der Waals surface area contributed by atoms with Crippen LogP contribution in [-0.2, 0) is 14.0 Å². The monoisotopic (exact) mass is 243 g/mol. The fraction of sp³-hybridized carbons (Fsp3) is 1.00.